The van der Waals surface area contributed by atoms with Gasteiger partial charge < -0.3 is 8.83 Å². The molecule has 3 aromatic heterocycles. The van der Waals surface area contributed by atoms with Gasteiger partial charge in [0.15, 0.2) is 12.8 Å². The van der Waals surface area contributed by atoms with Crippen molar-refractivity contribution in [3.8, 4) is 0 Å². The van der Waals surface area contributed by atoms with Crippen LogP contribution in [0.5, 0.6) is 0 Å². The van der Waals surface area contributed by atoms with Crippen LogP contribution in [0.15, 0.2) is 77.1 Å². The average molecular weight is 217 g/mol. The highest BCUT2D eigenvalue weighted by Gasteiger charge is 1.60. The Balaban J connectivity index is 0.000000121. The molecule has 5 nitrogen and oxygen atoms in total. The number of nitrogens with zero attached hydrogens (tertiary/aromatic N) is 3. The van der Waals surface area contributed by atoms with Gasteiger partial charge in [-0.2, -0.15) is 0 Å². The molecule has 0 fully saturated rings. The Morgan fingerprint density at radius 2 is 1.12 bits per heavy atom. The first-order chi connectivity index (χ1) is 8.00. The lowest BCUT2D eigenvalue weighted by Gasteiger charge is -1.70. The second-order valence-corrected chi connectivity index (χ2v) is 2.38. The third-order valence-electron chi connectivity index (χ3n) is 1.26. The molecule has 0 saturated heterocycles. The molecule has 0 spiro atoms. The maximum absolute atomic E-state index is 4.47. The fraction of sp³-hybridized carbons (Fsp3) is 0. The molecule has 0 aliphatic rings. The molecule has 0 bridgehead atoms. The molecule has 5 heteroatoms. The third-order valence-corrected chi connectivity index (χ3v) is 1.26. The van der Waals surface area contributed by atoms with E-state index in [1.54, 1.807) is 24.8 Å². The third kappa shape index (κ3) is 7.02. The van der Waals surface area contributed by atoms with Crippen molar-refractivity contribution in [3.63, 3.8) is 0 Å². The SMILES string of the molecule is c1ccncc1.c1cocn1.c1cocn1. The van der Waals surface area contributed by atoms with Crippen LogP contribution in [-0.4, -0.2) is 15.0 Å². The van der Waals surface area contributed by atoms with Crippen LogP contribution in [0, 0.1) is 0 Å². The second-order valence-electron chi connectivity index (χ2n) is 2.38. The molecule has 3 aromatic rings. The highest BCUT2D eigenvalue weighted by molar-refractivity contribution is 4.88. The lowest BCUT2D eigenvalue weighted by molar-refractivity contribution is 0.557. The number of hydrogen-bond acceptors (Lipinski definition) is 5. The number of rotatable bonds is 0. The van der Waals surface area contributed by atoms with Crippen LogP contribution in [0.3, 0.4) is 0 Å². The van der Waals surface area contributed by atoms with Crippen LogP contribution in [0.1, 0.15) is 0 Å². The highest BCUT2D eigenvalue weighted by atomic mass is 16.3. The van der Waals surface area contributed by atoms with Crippen molar-refractivity contribution in [1.29, 1.82) is 0 Å². The van der Waals surface area contributed by atoms with Crippen LogP contribution in [-0.2, 0) is 0 Å². The zero-order chi connectivity index (χ0) is 11.3. The normalized spacial score (nSPS) is 8.00. The zero-order valence-electron chi connectivity index (χ0n) is 8.51. The predicted molar refractivity (Wildman–Crippen MR) is 57.2 cm³/mol. The van der Waals surface area contributed by atoms with Crippen molar-refractivity contribution in [1.82, 2.24) is 15.0 Å². The van der Waals surface area contributed by atoms with E-state index in [1.807, 2.05) is 18.2 Å². The Hall–Kier alpha value is -2.43. The molecule has 0 radical (unpaired) electrons. The Labute approximate surface area is 92.8 Å². The van der Waals surface area contributed by atoms with Gasteiger partial charge in [-0.1, -0.05) is 6.07 Å². The summed E-state index contributed by atoms with van der Waals surface area (Å²) in [5.41, 5.74) is 0. The zero-order valence-corrected chi connectivity index (χ0v) is 8.51. The molecule has 3 rings (SSSR count). The summed E-state index contributed by atoms with van der Waals surface area (Å²) in [7, 11) is 0. The van der Waals surface area contributed by atoms with E-state index < -0.39 is 0 Å². The molecule has 0 aliphatic heterocycles. The molecule has 0 unspecified atom stereocenters. The minimum atomic E-state index is 1.38. The number of aromatic nitrogens is 3. The van der Waals surface area contributed by atoms with Crippen molar-refractivity contribution in [2.45, 2.75) is 0 Å². The molecule has 0 saturated carbocycles. The van der Waals surface area contributed by atoms with Crippen molar-refractivity contribution >= 4 is 0 Å². The summed E-state index contributed by atoms with van der Waals surface area (Å²) in [4.78, 5) is 10.9. The van der Waals surface area contributed by atoms with Crippen LogP contribution < -0.4 is 0 Å². The second kappa shape index (κ2) is 9.14. The average Bonchev–Trinajstić information content (AvgIpc) is 3.10. The van der Waals surface area contributed by atoms with Gasteiger partial charge in [0.05, 0.1) is 12.4 Å². The van der Waals surface area contributed by atoms with E-state index in [0.29, 0.717) is 0 Å². The van der Waals surface area contributed by atoms with Gasteiger partial charge in [-0.25, -0.2) is 9.97 Å². The van der Waals surface area contributed by atoms with E-state index in [9.17, 15) is 0 Å². The summed E-state index contributed by atoms with van der Waals surface area (Å²) in [5, 5.41) is 0. The van der Waals surface area contributed by atoms with Gasteiger partial charge >= 0.3 is 0 Å². The van der Waals surface area contributed by atoms with Crippen LogP contribution in [0.4, 0.5) is 0 Å². The Bertz CT molecular complexity index is 311. The summed E-state index contributed by atoms with van der Waals surface area (Å²) in [6, 6.07) is 5.72. The number of oxazole rings is 2. The molecule has 0 atom stereocenters. The maximum Gasteiger partial charge on any atom is 0.180 e. The van der Waals surface area contributed by atoms with Crippen molar-refractivity contribution in [2.24, 2.45) is 0 Å². The molecule has 0 aromatic carbocycles. The van der Waals surface area contributed by atoms with Crippen molar-refractivity contribution in [2.75, 3.05) is 0 Å². The maximum atomic E-state index is 4.47. The molecule has 0 aliphatic carbocycles. The van der Waals surface area contributed by atoms with Gasteiger partial charge in [0, 0.05) is 12.4 Å². The monoisotopic (exact) mass is 217 g/mol. The first-order valence-electron chi connectivity index (χ1n) is 4.49. The number of pyridine rings is 1. The Kier molecular flexibility index (Phi) is 6.65. The van der Waals surface area contributed by atoms with E-state index in [4.69, 9.17) is 0 Å². The molecular weight excluding hydrogens is 206 g/mol. The van der Waals surface area contributed by atoms with Gasteiger partial charge in [0.2, 0.25) is 0 Å². The number of hydrogen-bond donors (Lipinski definition) is 0. The van der Waals surface area contributed by atoms with E-state index in [-0.39, 0.29) is 0 Å². The summed E-state index contributed by atoms with van der Waals surface area (Å²) in [5.74, 6) is 0. The molecule has 16 heavy (non-hydrogen) atoms. The van der Waals surface area contributed by atoms with Crippen LogP contribution in [0.25, 0.3) is 0 Å². The fourth-order valence-electron chi connectivity index (χ4n) is 0.664. The summed E-state index contributed by atoms with van der Waals surface area (Å²) < 4.78 is 8.94. The summed E-state index contributed by atoms with van der Waals surface area (Å²) >= 11 is 0. The first kappa shape index (κ1) is 11.6. The lowest BCUT2D eigenvalue weighted by Crippen LogP contribution is -1.58. The van der Waals surface area contributed by atoms with E-state index in [1.165, 1.54) is 25.3 Å². The van der Waals surface area contributed by atoms with E-state index in [0.717, 1.165) is 0 Å². The standard InChI is InChI=1S/C5H5N.2C3H3NO/c1-2-4-6-5-3-1;2*1-2-5-3-4-1/h1-5H;2*1-3H. The first-order valence-corrected chi connectivity index (χ1v) is 4.49. The summed E-state index contributed by atoms with van der Waals surface area (Å²) in [6.45, 7) is 0. The lowest BCUT2D eigenvalue weighted by atomic mass is 10.5. The topological polar surface area (TPSA) is 65.0 Å². The van der Waals surface area contributed by atoms with Gasteiger partial charge in [-0.05, 0) is 12.1 Å². The minimum Gasteiger partial charge on any atom is -0.452 e. The van der Waals surface area contributed by atoms with Gasteiger partial charge in [-0.3, -0.25) is 4.98 Å². The van der Waals surface area contributed by atoms with Gasteiger partial charge in [0.1, 0.15) is 12.5 Å². The molecular formula is C11H11N3O2. The minimum absolute atomic E-state index is 1.38. The molecule has 0 N–H and O–H groups in total. The molecule has 82 valence electrons. The van der Waals surface area contributed by atoms with E-state index >= 15 is 0 Å². The van der Waals surface area contributed by atoms with Crippen molar-refractivity contribution in [3.05, 3.63) is 68.3 Å². The Morgan fingerprint density at radius 3 is 1.25 bits per heavy atom. The fourth-order valence-corrected chi connectivity index (χ4v) is 0.664. The molecule has 3 heterocycles. The Morgan fingerprint density at radius 1 is 0.562 bits per heavy atom. The molecule has 0 amide bonds. The smallest absolute Gasteiger partial charge is 0.180 e. The van der Waals surface area contributed by atoms with Crippen LogP contribution in [0.2, 0.25) is 0 Å². The van der Waals surface area contributed by atoms with Crippen molar-refractivity contribution < 1.29 is 8.83 Å². The van der Waals surface area contributed by atoms with Gasteiger partial charge in [-0.15, -0.1) is 0 Å². The van der Waals surface area contributed by atoms with Gasteiger partial charge in [0.25, 0.3) is 0 Å². The predicted octanol–water partition coefficient (Wildman–Crippen LogP) is 2.43. The van der Waals surface area contributed by atoms with E-state index in [2.05, 4.69) is 23.8 Å². The van der Waals surface area contributed by atoms with Crippen LogP contribution >= 0.6 is 0 Å². The highest BCUT2D eigenvalue weighted by Crippen LogP contribution is 1.74. The summed E-state index contributed by atoms with van der Waals surface area (Å²) in [6.07, 6.45) is 12.4. The quantitative estimate of drug-likeness (QED) is 0.578. The largest absolute Gasteiger partial charge is 0.452 e.